The van der Waals surface area contributed by atoms with Crippen molar-refractivity contribution in [2.24, 2.45) is 0 Å². The minimum atomic E-state index is -3.56. The second-order valence-electron chi connectivity index (χ2n) is 5.70. The first-order chi connectivity index (χ1) is 9.52. The molecule has 0 saturated heterocycles. The summed E-state index contributed by atoms with van der Waals surface area (Å²) in [4.78, 5) is 14.6. The number of rotatable bonds is 7. The van der Waals surface area contributed by atoms with E-state index in [-0.39, 0.29) is 11.4 Å². The second kappa shape index (κ2) is 6.15. The molecule has 0 atom stereocenters. The van der Waals surface area contributed by atoms with Crippen LogP contribution in [-0.2, 0) is 16.4 Å². The SMILES string of the molecule is COc1cnn(CCN(C)C)c1C(=O)C(C)(C)S(C)(=O)=O. The third-order valence-electron chi connectivity index (χ3n) is 3.47. The molecule has 0 spiro atoms. The summed E-state index contributed by atoms with van der Waals surface area (Å²) in [6, 6.07) is 0. The first-order valence-corrected chi connectivity index (χ1v) is 8.40. The molecule has 1 aromatic heterocycles. The zero-order chi connectivity index (χ0) is 16.4. The van der Waals surface area contributed by atoms with Crippen LogP contribution in [-0.4, -0.2) is 67.6 Å². The lowest BCUT2D eigenvalue weighted by Crippen LogP contribution is -2.41. The van der Waals surface area contributed by atoms with Gasteiger partial charge < -0.3 is 9.64 Å². The number of sulfone groups is 1. The number of nitrogens with zero attached hydrogens (tertiary/aromatic N) is 3. The molecule has 1 heterocycles. The van der Waals surface area contributed by atoms with Gasteiger partial charge in [-0.2, -0.15) is 5.10 Å². The van der Waals surface area contributed by atoms with Gasteiger partial charge in [0.05, 0.1) is 19.9 Å². The summed E-state index contributed by atoms with van der Waals surface area (Å²) < 4.78 is 28.8. The summed E-state index contributed by atoms with van der Waals surface area (Å²) in [5.74, 6) is -0.228. The monoisotopic (exact) mass is 317 g/mol. The number of carbonyl (C=O) groups is 1. The molecule has 0 bridgehead atoms. The van der Waals surface area contributed by atoms with E-state index >= 15 is 0 Å². The Morgan fingerprint density at radius 2 is 2.00 bits per heavy atom. The maximum Gasteiger partial charge on any atom is 0.205 e. The zero-order valence-corrected chi connectivity index (χ0v) is 14.2. The highest BCUT2D eigenvalue weighted by atomic mass is 32.2. The minimum Gasteiger partial charge on any atom is -0.493 e. The van der Waals surface area contributed by atoms with Crippen LogP contribution in [0.25, 0.3) is 0 Å². The van der Waals surface area contributed by atoms with Crippen LogP contribution in [0.5, 0.6) is 5.75 Å². The Labute approximate surface area is 125 Å². The minimum absolute atomic E-state index is 0.190. The van der Waals surface area contributed by atoms with Crippen LogP contribution in [0, 0.1) is 0 Å². The Morgan fingerprint density at radius 1 is 1.43 bits per heavy atom. The van der Waals surface area contributed by atoms with E-state index in [0.29, 0.717) is 13.1 Å². The van der Waals surface area contributed by atoms with Gasteiger partial charge >= 0.3 is 0 Å². The van der Waals surface area contributed by atoms with Crippen LogP contribution in [0.3, 0.4) is 0 Å². The van der Waals surface area contributed by atoms with E-state index in [0.717, 1.165) is 6.26 Å². The van der Waals surface area contributed by atoms with Gasteiger partial charge in [-0.1, -0.05) is 0 Å². The number of methoxy groups -OCH3 is 1. The van der Waals surface area contributed by atoms with Crippen molar-refractivity contribution < 1.29 is 17.9 Å². The number of ketones is 1. The normalized spacial score (nSPS) is 12.7. The highest BCUT2D eigenvalue weighted by Crippen LogP contribution is 2.27. The topological polar surface area (TPSA) is 81.5 Å². The maximum atomic E-state index is 12.7. The molecule has 0 saturated carbocycles. The number of hydrogen-bond donors (Lipinski definition) is 0. The van der Waals surface area contributed by atoms with Crippen LogP contribution >= 0.6 is 0 Å². The van der Waals surface area contributed by atoms with Gasteiger partial charge in [0.2, 0.25) is 5.78 Å². The van der Waals surface area contributed by atoms with Gasteiger partial charge in [0.15, 0.2) is 15.6 Å². The third kappa shape index (κ3) is 3.62. The predicted molar refractivity (Wildman–Crippen MR) is 80.6 cm³/mol. The number of likely N-dealkylation sites (N-methyl/N-ethyl adjacent to an activating group) is 1. The van der Waals surface area contributed by atoms with Crippen molar-refractivity contribution in [1.29, 1.82) is 0 Å². The van der Waals surface area contributed by atoms with E-state index in [2.05, 4.69) is 5.10 Å². The summed E-state index contributed by atoms with van der Waals surface area (Å²) in [5, 5.41) is 4.12. The van der Waals surface area contributed by atoms with Gasteiger partial charge in [-0.05, 0) is 27.9 Å². The molecule has 0 aromatic carbocycles. The van der Waals surface area contributed by atoms with Crippen molar-refractivity contribution in [3.63, 3.8) is 0 Å². The molecular weight excluding hydrogens is 294 g/mol. The van der Waals surface area contributed by atoms with Crippen molar-refractivity contribution in [3.8, 4) is 5.75 Å². The molecular formula is C13H23N3O4S. The molecule has 120 valence electrons. The fourth-order valence-corrected chi connectivity index (χ4v) is 2.10. The van der Waals surface area contributed by atoms with Gasteiger partial charge in [-0.25, -0.2) is 8.42 Å². The molecule has 0 amide bonds. The summed E-state index contributed by atoms with van der Waals surface area (Å²) in [6.07, 6.45) is 2.49. The largest absolute Gasteiger partial charge is 0.493 e. The molecule has 0 unspecified atom stereocenters. The number of carbonyl (C=O) groups excluding carboxylic acids is 1. The molecule has 21 heavy (non-hydrogen) atoms. The van der Waals surface area contributed by atoms with Crippen molar-refractivity contribution in [3.05, 3.63) is 11.9 Å². The molecule has 1 aromatic rings. The molecule has 1 rings (SSSR count). The van der Waals surface area contributed by atoms with Gasteiger partial charge in [-0.3, -0.25) is 9.48 Å². The third-order valence-corrected chi connectivity index (χ3v) is 5.51. The van der Waals surface area contributed by atoms with E-state index in [1.54, 1.807) is 0 Å². The predicted octanol–water partition coefficient (Wildman–Crippen LogP) is 0.459. The van der Waals surface area contributed by atoms with Crippen LogP contribution in [0.4, 0.5) is 0 Å². The van der Waals surface area contributed by atoms with Gasteiger partial charge in [-0.15, -0.1) is 0 Å². The second-order valence-corrected chi connectivity index (χ2v) is 8.26. The molecule has 0 aliphatic heterocycles. The van der Waals surface area contributed by atoms with E-state index in [9.17, 15) is 13.2 Å². The molecule has 0 aliphatic carbocycles. The molecule has 8 heteroatoms. The van der Waals surface area contributed by atoms with Crippen molar-refractivity contribution >= 4 is 15.6 Å². The molecule has 0 aliphatic rings. The number of aromatic nitrogens is 2. The lowest BCUT2D eigenvalue weighted by molar-refractivity contribution is 0.0939. The van der Waals surface area contributed by atoms with E-state index < -0.39 is 20.4 Å². The average molecular weight is 317 g/mol. The summed E-state index contributed by atoms with van der Waals surface area (Å²) in [6.45, 7) is 3.93. The maximum absolute atomic E-state index is 12.7. The highest BCUT2D eigenvalue weighted by molar-refractivity contribution is 7.92. The summed E-state index contributed by atoms with van der Waals surface area (Å²) in [5.41, 5.74) is 0.190. The van der Waals surface area contributed by atoms with E-state index in [4.69, 9.17) is 4.74 Å². The first-order valence-electron chi connectivity index (χ1n) is 6.51. The van der Waals surface area contributed by atoms with E-state index in [1.165, 1.54) is 31.8 Å². The fraction of sp³-hybridized carbons (Fsp3) is 0.692. The Kier molecular flexibility index (Phi) is 5.16. The van der Waals surface area contributed by atoms with Crippen molar-refractivity contribution in [1.82, 2.24) is 14.7 Å². The highest BCUT2D eigenvalue weighted by Gasteiger charge is 2.42. The molecule has 7 nitrogen and oxygen atoms in total. The quantitative estimate of drug-likeness (QED) is 0.680. The van der Waals surface area contributed by atoms with Crippen molar-refractivity contribution in [2.75, 3.05) is 34.0 Å². The Balaban J connectivity index is 3.27. The number of Topliss-reactive ketones (excluding diaryl/α,β-unsaturated/α-hetero) is 1. The van der Waals surface area contributed by atoms with Crippen molar-refractivity contribution in [2.45, 2.75) is 25.1 Å². The molecule has 0 radical (unpaired) electrons. The van der Waals surface area contributed by atoms with Gasteiger partial charge in [0.1, 0.15) is 10.4 Å². The Morgan fingerprint density at radius 3 is 2.43 bits per heavy atom. The van der Waals surface area contributed by atoms with Crippen LogP contribution in [0.15, 0.2) is 6.20 Å². The zero-order valence-electron chi connectivity index (χ0n) is 13.4. The Bertz CT molecular complexity index is 617. The van der Waals surface area contributed by atoms with Gasteiger partial charge in [0, 0.05) is 12.8 Å². The van der Waals surface area contributed by atoms with Crippen LogP contribution in [0.1, 0.15) is 24.3 Å². The van der Waals surface area contributed by atoms with E-state index in [1.807, 2.05) is 19.0 Å². The standard InChI is InChI=1S/C13H23N3O4S/c1-13(2,21(6,18)19)12(17)11-10(20-5)9-14-16(11)8-7-15(3)4/h9H,7-8H2,1-6H3. The summed E-state index contributed by atoms with van der Waals surface area (Å²) in [7, 11) is 1.68. The average Bonchev–Trinajstić information content (AvgIpc) is 2.76. The number of ether oxygens (including phenoxy) is 1. The van der Waals surface area contributed by atoms with Gasteiger partial charge in [0.25, 0.3) is 0 Å². The lowest BCUT2D eigenvalue weighted by Gasteiger charge is -2.22. The summed E-state index contributed by atoms with van der Waals surface area (Å²) >= 11 is 0. The number of hydrogen-bond acceptors (Lipinski definition) is 6. The molecule has 0 N–H and O–H groups in total. The smallest absolute Gasteiger partial charge is 0.205 e. The van der Waals surface area contributed by atoms with Crippen LogP contribution < -0.4 is 4.74 Å². The van der Waals surface area contributed by atoms with Crippen LogP contribution in [0.2, 0.25) is 0 Å². The Hall–Kier alpha value is -1.41. The lowest BCUT2D eigenvalue weighted by atomic mass is 10.0. The first kappa shape index (κ1) is 17.6. The fourth-order valence-electron chi connectivity index (χ4n) is 1.66. The molecule has 0 fully saturated rings.